The van der Waals surface area contributed by atoms with Gasteiger partial charge in [-0.3, -0.25) is 28.3 Å². The summed E-state index contributed by atoms with van der Waals surface area (Å²) in [6.45, 7) is 4.86. The first kappa shape index (κ1) is 36.2. The predicted octanol–water partition coefficient (Wildman–Crippen LogP) is 3.81. The van der Waals surface area contributed by atoms with E-state index in [1.165, 1.54) is 35.0 Å². The first-order chi connectivity index (χ1) is 23.2. The fraction of sp³-hybridized carbons (Fsp3) is 0.500. The second kappa shape index (κ2) is 14.8. The Balaban J connectivity index is 1.13. The molecule has 2 fully saturated rings. The first-order valence-electron chi connectivity index (χ1n) is 16.5. The van der Waals surface area contributed by atoms with Crippen molar-refractivity contribution in [1.29, 1.82) is 0 Å². The number of carbonyl (C=O) groups is 5. The zero-order valence-electron chi connectivity index (χ0n) is 28.0. The molecule has 1 atom stereocenters. The third-order valence-corrected chi connectivity index (χ3v) is 11.7. The lowest BCUT2D eigenvalue weighted by molar-refractivity contribution is -0.139. The molecule has 0 aromatic heterocycles. The van der Waals surface area contributed by atoms with Gasteiger partial charge in [0.1, 0.15) is 12.1 Å². The fourth-order valence-electron chi connectivity index (χ4n) is 6.70. The summed E-state index contributed by atoms with van der Waals surface area (Å²) in [6.07, 6.45) is 3.66. The number of amides is 4. The van der Waals surface area contributed by atoms with Crippen LogP contribution in [-0.4, -0.2) is 97.9 Å². The van der Waals surface area contributed by atoms with E-state index in [2.05, 4.69) is 16.0 Å². The van der Waals surface area contributed by atoms with Crippen molar-refractivity contribution >= 4 is 52.1 Å². The zero-order chi connectivity index (χ0) is 35.5. The van der Waals surface area contributed by atoms with Gasteiger partial charge in [-0.05, 0) is 62.9 Å². The molecular formula is C34H45FN6O7S. The van der Waals surface area contributed by atoms with Crippen LogP contribution in [0.25, 0.3) is 0 Å². The molecular weight excluding hydrogens is 655 g/mol. The number of fused-ring (bicyclic) bond motifs is 1. The number of anilines is 2. The van der Waals surface area contributed by atoms with E-state index in [1.807, 2.05) is 13.8 Å². The molecule has 2 aromatic rings. The van der Waals surface area contributed by atoms with Gasteiger partial charge in [0.2, 0.25) is 17.7 Å². The average molecular weight is 701 g/mol. The van der Waals surface area contributed by atoms with Crippen molar-refractivity contribution in [2.24, 2.45) is 5.92 Å². The van der Waals surface area contributed by atoms with E-state index in [1.54, 1.807) is 22.5 Å². The monoisotopic (exact) mass is 700 g/mol. The number of likely N-dealkylation sites (tertiary alicyclic amines) is 1. The van der Waals surface area contributed by atoms with Gasteiger partial charge in [-0.25, -0.2) is 8.70 Å². The molecule has 266 valence electrons. The molecule has 5 rings (SSSR count). The fourth-order valence-corrected chi connectivity index (χ4v) is 8.78. The highest BCUT2D eigenvalue weighted by Gasteiger charge is 2.39. The second-order valence-corrected chi connectivity index (χ2v) is 15.5. The van der Waals surface area contributed by atoms with Gasteiger partial charge in [0.25, 0.3) is 5.91 Å². The van der Waals surface area contributed by atoms with Crippen LogP contribution in [0.2, 0.25) is 0 Å². The van der Waals surface area contributed by atoms with Gasteiger partial charge < -0.3 is 30.5 Å². The zero-order valence-corrected chi connectivity index (χ0v) is 28.9. The van der Waals surface area contributed by atoms with Gasteiger partial charge in [0.05, 0.1) is 29.9 Å². The number of halogens is 1. The van der Waals surface area contributed by atoms with Crippen LogP contribution in [0.3, 0.4) is 0 Å². The van der Waals surface area contributed by atoms with Gasteiger partial charge in [0, 0.05) is 62.0 Å². The predicted molar refractivity (Wildman–Crippen MR) is 184 cm³/mol. The molecule has 3 aliphatic heterocycles. The molecule has 1 unspecified atom stereocenters. The minimum Gasteiger partial charge on any atom is -0.376 e. The molecule has 0 radical (unpaired) electrons. The highest BCUT2D eigenvalue weighted by atomic mass is 32.3. The lowest BCUT2D eigenvalue weighted by Crippen LogP contribution is -2.55. The minimum absolute atomic E-state index is 0.0611. The van der Waals surface area contributed by atoms with Crippen LogP contribution < -0.4 is 16.0 Å². The van der Waals surface area contributed by atoms with Crippen molar-refractivity contribution in [3.05, 3.63) is 58.9 Å². The SMILES string of the molecule is CNC(=O)CCC(C=O)N1Cc2c(NCC(=O)N3CC(C(=O)Nc4cc(CS(O)(O)N5CCCCC5(C)C)ccc4F)C3)cccc2C1=O. The molecule has 3 aliphatic rings. The number of carbonyl (C=O) groups excluding carboxylic acids is 5. The standard InChI is InChI=1S/C34H45FN6O7S/c1-34(2)13-4-5-14-41(34)49(47,48)21-22-9-11-27(35)29(15-22)38-32(45)23-17-39(18-23)31(44)16-37-28-8-6-7-25-26(28)19-40(33(25)46)24(20-42)10-12-30(43)36-3/h6-9,11,15,20,23-24,37,47-48H,4-5,10,12-14,16-19,21H2,1-3H3,(H,36,43)(H,38,45). The van der Waals surface area contributed by atoms with Crippen LogP contribution in [0, 0.1) is 11.7 Å². The highest BCUT2D eigenvalue weighted by Crippen LogP contribution is 2.53. The van der Waals surface area contributed by atoms with Crippen LogP contribution in [0.15, 0.2) is 36.4 Å². The maximum absolute atomic E-state index is 14.7. The third-order valence-electron chi connectivity index (χ3n) is 9.61. The van der Waals surface area contributed by atoms with Gasteiger partial charge in [-0.1, -0.05) is 18.6 Å². The van der Waals surface area contributed by atoms with Crippen molar-refractivity contribution in [1.82, 2.24) is 19.4 Å². The molecule has 2 saturated heterocycles. The van der Waals surface area contributed by atoms with E-state index in [-0.39, 0.29) is 73.7 Å². The van der Waals surface area contributed by atoms with Crippen LogP contribution in [0.1, 0.15) is 67.4 Å². The topological polar surface area (TPSA) is 172 Å². The molecule has 0 aliphatic carbocycles. The van der Waals surface area contributed by atoms with Crippen molar-refractivity contribution in [3.8, 4) is 0 Å². The largest absolute Gasteiger partial charge is 0.376 e. The number of nitrogens with zero attached hydrogens (tertiary/aromatic N) is 3. The maximum Gasteiger partial charge on any atom is 0.255 e. The molecule has 5 N–H and O–H groups in total. The molecule has 4 amide bonds. The van der Waals surface area contributed by atoms with Gasteiger partial charge >= 0.3 is 0 Å². The van der Waals surface area contributed by atoms with E-state index in [9.17, 15) is 37.5 Å². The van der Waals surface area contributed by atoms with E-state index < -0.39 is 34.5 Å². The third kappa shape index (κ3) is 8.06. The number of rotatable bonds is 13. The highest BCUT2D eigenvalue weighted by molar-refractivity contribution is 8.21. The normalized spacial score (nSPS) is 18.7. The number of nitrogens with one attached hydrogen (secondary N) is 3. The Kier molecular flexibility index (Phi) is 11.0. The van der Waals surface area contributed by atoms with Crippen LogP contribution >= 0.6 is 10.8 Å². The van der Waals surface area contributed by atoms with Crippen LogP contribution in [0.5, 0.6) is 0 Å². The van der Waals surface area contributed by atoms with Crippen LogP contribution in [-0.2, 0) is 31.5 Å². The summed E-state index contributed by atoms with van der Waals surface area (Å²) < 4.78 is 38.5. The summed E-state index contributed by atoms with van der Waals surface area (Å²) in [5.74, 6) is -2.56. The second-order valence-electron chi connectivity index (χ2n) is 13.5. The number of hydrogen-bond donors (Lipinski definition) is 5. The molecule has 2 aromatic carbocycles. The lowest BCUT2D eigenvalue weighted by Gasteiger charge is -2.53. The molecule has 0 spiro atoms. The quantitative estimate of drug-likeness (QED) is 0.195. The van der Waals surface area contributed by atoms with Crippen LogP contribution in [0.4, 0.5) is 15.8 Å². The summed E-state index contributed by atoms with van der Waals surface area (Å²) in [6, 6.07) is 8.42. The number of aldehydes is 1. The molecule has 0 saturated carbocycles. The number of hydrogen-bond acceptors (Lipinski definition) is 9. The molecule has 3 heterocycles. The first-order valence-corrected chi connectivity index (χ1v) is 18.1. The van der Waals surface area contributed by atoms with Crippen molar-refractivity contribution in [2.75, 3.05) is 43.9 Å². The minimum atomic E-state index is -3.17. The Hall–Kier alpha value is -4.05. The maximum atomic E-state index is 14.7. The Morgan fingerprint density at radius 1 is 1.12 bits per heavy atom. The molecule has 49 heavy (non-hydrogen) atoms. The molecule has 0 bridgehead atoms. The Morgan fingerprint density at radius 2 is 1.88 bits per heavy atom. The molecule has 13 nitrogen and oxygen atoms in total. The smallest absolute Gasteiger partial charge is 0.255 e. The van der Waals surface area contributed by atoms with Gasteiger partial charge in [-0.2, -0.15) is 0 Å². The van der Waals surface area contributed by atoms with E-state index >= 15 is 0 Å². The van der Waals surface area contributed by atoms with E-state index in [0.29, 0.717) is 35.2 Å². The molecule has 15 heteroatoms. The summed E-state index contributed by atoms with van der Waals surface area (Å²) in [5, 5.41) is 8.19. The summed E-state index contributed by atoms with van der Waals surface area (Å²) >= 11 is 0. The Labute approximate surface area is 287 Å². The lowest BCUT2D eigenvalue weighted by atomic mass is 9.93. The number of benzene rings is 2. The summed E-state index contributed by atoms with van der Waals surface area (Å²) in [4.78, 5) is 65.4. The summed E-state index contributed by atoms with van der Waals surface area (Å²) in [7, 11) is -1.67. The van der Waals surface area contributed by atoms with E-state index in [4.69, 9.17) is 0 Å². The van der Waals surface area contributed by atoms with Crippen molar-refractivity contribution in [2.45, 2.75) is 69.8 Å². The van der Waals surface area contributed by atoms with Crippen molar-refractivity contribution < 1.29 is 37.5 Å². The number of piperidine rings is 1. The van der Waals surface area contributed by atoms with E-state index in [0.717, 1.165) is 19.3 Å². The Bertz CT molecular complexity index is 1620. The Morgan fingerprint density at radius 3 is 2.57 bits per heavy atom. The van der Waals surface area contributed by atoms with Gasteiger partial charge in [0.15, 0.2) is 0 Å². The average Bonchev–Trinajstić information content (AvgIpc) is 3.37. The van der Waals surface area contributed by atoms with Crippen molar-refractivity contribution in [3.63, 3.8) is 0 Å². The summed E-state index contributed by atoms with van der Waals surface area (Å²) in [5.41, 5.74) is 1.68. The van der Waals surface area contributed by atoms with Gasteiger partial charge in [-0.15, -0.1) is 10.8 Å².